The number of rotatable bonds is 4. The van der Waals surface area contributed by atoms with E-state index in [-0.39, 0.29) is 0 Å². The van der Waals surface area contributed by atoms with Crippen LogP contribution in [0.1, 0.15) is 24.5 Å². The molecule has 2 rings (SSSR count). The summed E-state index contributed by atoms with van der Waals surface area (Å²) in [4.78, 5) is 2.42. The summed E-state index contributed by atoms with van der Waals surface area (Å²) in [5.41, 5.74) is 5.46. The zero-order valence-electron chi connectivity index (χ0n) is 11.3. The van der Waals surface area contributed by atoms with Crippen molar-refractivity contribution < 1.29 is 0 Å². The van der Waals surface area contributed by atoms with Crippen LogP contribution in [0.15, 0.2) is 60.3 Å². The third-order valence-corrected chi connectivity index (χ3v) is 3.50. The Morgan fingerprint density at radius 3 is 2.78 bits per heavy atom. The molecule has 0 N–H and O–H groups in total. The molecule has 0 atom stereocenters. The van der Waals surface area contributed by atoms with Crippen LogP contribution in [0.4, 0.5) is 0 Å². The van der Waals surface area contributed by atoms with Crippen molar-refractivity contribution in [1.29, 1.82) is 0 Å². The van der Waals surface area contributed by atoms with Gasteiger partial charge in [0.25, 0.3) is 0 Å². The Morgan fingerprint density at radius 2 is 2.11 bits per heavy atom. The Balaban J connectivity index is 2.21. The van der Waals surface area contributed by atoms with Crippen molar-refractivity contribution >= 4 is 0 Å². The second-order valence-electron chi connectivity index (χ2n) is 4.71. The van der Waals surface area contributed by atoms with Crippen LogP contribution in [-0.2, 0) is 6.54 Å². The van der Waals surface area contributed by atoms with Gasteiger partial charge in [-0.3, -0.25) is 0 Å². The number of aryl methyl sites for hydroxylation is 1. The quantitative estimate of drug-likeness (QED) is 0.760. The highest BCUT2D eigenvalue weighted by Crippen LogP contribution is 2.27. The molecule has 0 bridgehead atoms. The number of allylic oxidation sites excluding steroid dienone is 3. The SMILES string of the molecule is C=CC1=C(/C=C\C)CCN1Cc1ccccc1C. The molecule has 1 aromatic rings. The van der Waals surface area contributed by atoms with Crippen LogP contribution in [0.25, 0.3) is 0 Å². The lowest BCUT2D eigenvalue weighted by molar-refractivity contribution is 0.379. The second kappa shape index (κ2) is 5.72. The average Bonchev–Trinajstić information content (AvgIpc) is 2.75. The number of benzene rings is 1. The van der Waals surface area contributed by atoms with Crippen molar-refractivity contribution in [3.63, 3.8) is 0 Å². The van der Waals surface area contributed by atoms with Gasteiger partial charge in [-0.25, -0.2) is 0 Å². The number of nitrogens with zero attached hydrogens (tertiary/aromatic N) is 1. The summed E-state index contributed by atoms with van der Waals surface area (Å²) in [5.74, 6) is 0. The predicted molar refractivity (Wildman–Crippen MR) is 78.2 cm³/mol. The topological polar surface area (TPSA) is 3.24 Å². The van der Waals surface area contributed by atoms with Crippen LogP contribution in [-0.4, -0.2) is 11.4 Å². The maximum Gasteiger partial charge on any atom is 0.0432 e. The molecule has 1 heteroatoms. The molecule has 0 aliphatic carbocycles. The van der Waals surface area contributed by atoms with E-state index in [0.717, 1.165) is 19.5 Å². The number of hydrogen-bond donors (Lipinski definition) is 0. The first-order chi connectivity index (χ1) is 8.76. The van der Waals surface area contributed by atoms with E-state index < -0.39 is 0 Å². The minimum atomic E-state index is 0.981. The summed E-state index contributed by atoms with van der Waals surface area (Å²) in [7, 11) is 0. The van der Waals surface area contributed by atoms with Gasteiger partial charge in [-0.2, -0.15) is 0 Å². The van der Waals surface area contributed by atoms with Crippen LogP contribution in [0.5, 0.6) is 0 Å². The Morgan fingerprint density at radius 1 is 1.33 bits per heavy atom. The molecule has 1 heterocycles. The highest BCUT2D eigenvalue weighted by molar-refractivity contribution is 5.36. The smallest absolute Gasteiger partial charge is 0.0432 e. The van der Waals surface area contributed by atoms with E-state index in [1.54, 1.807) is 0 Å². The fraction of sp³-hybridized carbons (Fsp3) is 0.294. The van der Waals surface area contributed by atoms with Gasteiger partial charge in [0.05, 0.1) is 0 Å². The van der Waals surface area contributed by atoms with Gasteiger partial charge >= 0.3 is 0 Å². The Labute approximate surface area is 110 Å². The molecule has 0 amide bonds. The van der Waals surface area contributed by atoms with Crippen molar-refractivity contribution in [3.05, 3.63) is 71.5 Å². The summed E-state index contributed by atoms with van der Waals surface area (Å²) in [6.07, 6.45) is 7.42. The Bertz CT molecular complexity index is 494. The fourth-order valence-corrected chi connectivity index (χ4v) is 2.49. The molecule has 0 aromatic heterocycles. The van der Waals surface area contributed by atoms with Gasteiger partial charge in [-0.1, -0.05) is 43.0 Å². The highest BCUT2D eigenvalue weighted by Gasteiger charge is 2.18. The summed E-state index contributed by atoms with van der Waals surface area (Å²) in [6.45, 7) is 10.3. The molecule has 1 aliphatic heterocycles. The molecule has 1 aromatic carbocycles. The number of hydrogen-bond acceptors (Lipinski definition) is 1. The fourth-order valence-electron chi connectivity index (χ4n) is 2.49. The standard InChI is InChI=1S/C17H21N/c1-4-8-15-11-12-18(17(15)5-2)13-16-10-7-6-9-14(16)3/h4-10H,2,11-13H2,1,3H3/b8-4-. The molecule has 18 heavy (non-hydrogen) atoms. The van der Waals surface area contributed by atoms with Crippen molar-refractivity contribution in [3.8, 4) is 0 Å². The van der Waals surface area contributed by atoms with Crippen LogP contribution >= 0.6 is 0 Å². The molecule has 0 saturated heterocycles. The van der Waals surface area contributed by atoms with Gasteiger partial charge in [0.15, 0.2) is 0 Å². The average molecular weight is 239 g/mol. The van der Waals surface area contributed by atoms with Gasteiger partial charge in [-0.05, 0) is 43.0 Å². The molecule has 0 spiro atoms. The van der Waals surface area contributed by atoms with Crippen LogP contribution < -0.4 is 0 Å². The van der Waals surface area contributed by atoms with Gasteiger partial charge in [0.1, 0.15) is 0 Å². The first kappa shape index (κ1) is 12.7. The van der Waals surface area contributed by atoms with Crippen molar-refractivity contribution in [1.82, 2.24) is 4.90 Å². The van der Waals surface area contributed by atoms with E-state index in [4.69, 9.17) is 0 Å². The van der Waals surface area contributed by atoms with Crippen molar-refractivity contribution in [2.75, 3.05) is 6.54 Å². The first-order valence-corrected chi connectivity index (χ1v) is 6.54. The lowest BCUT2D eigenvalue weighted by Crippen LogP contribution is -2.18. The molecular weight excluding hydrogens is 218 g/mol. The van der Waals surface area contributed by atoms with E-state index in [0.29, 0.717) is 0 Å². The maximum atomic E-state index is 3.96. The van der Waals surface area contributed by atoms with Crippen molar-refractivity contribution in [2.45, 2.75) is 26.8 Å². The maximum absolute atomic E-state index is 3.96. The summed E-state index contributed by atoms with van der Waals surface area (Å²) in [5, 5.41) is 0. The Kier molecular flexibility index (Phi) is 4.03. The minimum absolute atomic E-state index is 0.981. The van der Waals surface area contributed by atoms with Gasteiger partial charge < -0.3 is 4.90 Å². The summed E-state index contributed by atoms with van der Waals surface area (Å²) >= 11 is 0. The van der Waals surface area contributed by atoms with Gasteiger partial charge in [0, 0.05) is 18.8 Å². The van der Waals surface area contributed by atoms with Crippen LogP contribution in [0.2, 0.25) is 0 Å². The highest BCUT2D eigenvalue weighted by atomic mass is 15.1. The third-order valence-electron chi connectivity index (χ3n) is 3.50. The van der Waals surface area contributed by atoms with E-state index in [1.165, 1.54) is 22.4 Å². The molecule has 0 radical (unpaired) electrons. The van der Waals surface area contributed by atoms with E-state index in [2.05, 4.69) is 61.7 Å². The minimum Gasteiger partial charge on any atom is -0.367 e. The Hall–Kier alpha value is -1.76. The normalized spacial score (nSPS) is 15.8. The summed E-state index contributed by atoms with van der Waals surface area (Å²) < 4.78 is 0. The first-order valence-electron chi connectivity index (χ1n) is 6.54. The lowest BCUT2D eigenvalue weighted by atomic mass is 10.1. The van der Waals surface area contributed by atoms with E-state index in [1.807, 2.05) is 6.08 Å². The predicted octanol–water partition coefficient (Wildman–Crippen LogP) is 4.22. The molecule has 0 unspecified atom stereocenters. The zero-order valence-corrected chi connectivity index (χ0v) is 11.3. The van der Waals surface area contributed by atoms with Gasteiger partial charge in [0.2, 0.25) is 0 Å². The van der Waals surface area contributed by atoms with E-state index >= 15 is 0 Å². The molecular formula is C17H21N. The van der Waals surface area contributed by atoms with Gasteiger partial charge in [-0.15, -0.1) is 0 Å². The summed E-state index contributed by atoms with van der Waals surface area (Å²) in [6, 6.07) is 8.60. The van der Waals surface area contributed by atoms with Crippen LogP contribution in [0.3, 0.4) is 0 Å². The van der Waals surface area contributed by atoms with E-state index in [9.17, 15) is 0 Å². The molecule has 1 aliphatic rings. The molecule has 1 nitrogen and oxygen atoms in total. The largest absolute Gasteiger partial charge is 0.367 e. The molecule has 94 valence electrons. The second-order valence-corrected chi connectivity index (χ2v) is 4.71. The van der Waals surface area contributed by atoms with Crippen molar-refractivity contribution in [2.24, 2.45) is 0 Å². The molecule has 0 fully saturated rings. The third kappa shape index (κ3) is 2.56. The van der Waals surface area contributed by atoms with Crippen LogP contribution in [0, 0.1) is 6.92 Å². The lowest BCUT2D eigenvalue weighted by Gasteiger charge is -2.21. The monoisotopic (exact) mass is 239 g/mol. The zero-order chi connectivity index (χ0) is 13.0. The molecule has 0 saturated carbocycles.